The van der Waals surface area contributed by atoms with Crippen LogP contribution in [0.2, 0.25) is 0 Å². The molecule has 1 aromatic rings. The van der Waals surface area contributed by atoms with E-state index in [2.05, 4.69) is 0 Å². The van der Waals surface area contributed by atoms with Gasteiger partial charge in [0.1, 0.15) is 23.7 Å². The Morgan fingerprint density at radius 3 is 2.88 bits per heavy atom. The van der Waals surface area contributed by atoms with Gasteiger partial charge in [-0.3, -0.25) is 0 Å². The Morgan fingerprint density at radius 1 is 1.50 bits per heavy atom. The molecule has 0 atom stereocenters. The Morgan fingerprint density at radius 2 is 2.25 bits per heavy atom. The van der Waals surface area contributed by atoms with Gasteiger partial charge in [-0.1, -0.05) is 12.2 Å². The monoisotopic (exact) mass is 222 g/mol. The molecule has 1 rings (SSSR count). The zero-order chi connectivity index (χ0) is 12.0. The van der Waals surface area contributed by atoms with Gasteiger partial charge >= 0.3 is 5.97 Å². The van der Waals surface area contributed by atoms with Crippen LogP contribution in [0.5, 0.6) is 11.5 Å². The van der Waals surface area contributed by atoms with E-state index in [-0.39, 0.29) is 17.9 Å². The lowest BCUT2D eigenvalue weighted by atomic mass is 10.2. The molecular formula is C12H14O4. The Labute approximate surface area is 94.1 Å². The fourth-order valence-electron chi connectivity index (χ4n) is 1.10. The van der Waals surface area contributed by atoms with E-state index < -0.39 is 5.97 Å². The number of phenols is 1. The number of carbonyl (C=O) groups is 1. The minimum absolute atomic E-state index is 0.101. The standard InChI is InChI=1S/C12H14O4/c1-3-4-7-16-12(14)10-8-9(15-2)5-6-11(10)13/h3-6,8,13H,7H2,1-2H3/b4-3+. The number of hydrogen-bond donors (Lipinski definition) is 1. The van der Waals surface area contributed by atoms with Crippen molar-refractivity contribution in [2.45, 2.75) is 6.92 Å². The molecule has 0 aromatic heterocycles. The van der Waals surface area contributed by atoms with Crippen LogP contribution < -0.4 is 4.74 Å². The highest BCUT2D eigenvalue weighted by Gasteiger charge is 2.13. The number of rotatable bonds is 4. The lowest BCUT2D eigenvalue weighted by molar-refractivity contribution is 0.0545. The van der Waals surface area contributed by atoms with Crippen LogP contribution >= 0.6 is 0 Å². The average Bonchev–Trinajstić information content (AvgIpc) is 2.30. The van der Waals surface area contributed by atoms with Crippen LogP contribution in [0.1, 0.15) is 17.3 Å². The molecule has 0 bridgehead atoms. The molecule has 16 heavy (non-hydrogen) atoms. The molecule has 0 radical (unpaired) electrons. The molecule has 0 unspecified atom stereocenters. The number of benzene rings is 1. The van der Waals surface area contributed by atoms with Crippen molar-refractivity contribution in [3.63, 3.8) is 0 Å². The third kappa shape index (κ3) is 3.02. The molecule has 0 saturated heterocycles. The summed E-state index contributed by atoms with van der Waals surface area (Å²) in [6.07, 6.45) is 3.48. The Bertz CT molecular complexity index is 396. The van der Waals surface area contributed by atoms with E-state index >= 15 is 0 Å². The van der Waals surface area contributed by atoms with Crippen LogP contribution in [0.3, 0.4) is 0 Å². The smallest absolute Gasteiger partial charge is 0.342 e. The number of allylic oxidation sites excluding steroid dienone is 1. The van der Waals surface area contributed by atoms with Crippen LogP contribution in [0, 0.1) is 0 Å². The van der Waals surface area contributed by atoms with Crippen molar-refractivity contribution in [1.29, 1.82) is 0 Å². The van der Waals surface area contributed by atoms with Gasteiger partial charge < -0.3 is 14.6 Å². The molecule has 0 saturated carbocycles. The molecule has 0 fully saturated rings. The topological polar surface area (TPSA) is 55.8 Å². The SMILES string of the molecule is C/C=C/COC(=O)c1cc(OC)ccc1O. The number of methoxy groups -OCH3 is 1. The first-order valence-corrected chi connectivity index (χ1v) is 4.84. The van der Waals surface area contributed by atoms with Crippen LogP contribution in [0.25, 0.3) is 0 Å². The normalized spacial score (nSPS) is 10.4. The molecule has 0 spiro atoms. The maximum Gasteiger partial charge on any atom is 0.342 e. The van der Waals surface area contributed by atoms with Gasteiger partial charge in [-0.25, -0.2) is 4.79 Å². The highest BCUT2D eigenvalue weighted by molar-refractivity contribution is 5.92. The molecule has 1 aromatic carbocycles. The number of phenolic OH excluding ortho intramolecular Hbond substituents is 1. The van der Waals surface area contributed by atoms with Crippen molar-refractivity contribution >= 4 is 5.97 Å². The van der Waals surface area contributed by atoms with Gasteiger partial charge in [-0.2, -0.15) is 0 Å². The van der Waals surface area contributed by atoms with E-state index in [4.69, 9.17) is 9.47 Å². The van der Waals surface area contributed by atoms with Gasteiger partial charge in [0.15, 0.2) is 0 Å². The summed E-state index contributed by atoms with van der Waals surface area (Å²) < 4.78 is 9.86. The summed E-state index contributed by atoms with van der Waals surface area (Å²) in [5, 5.41) is 9.48. The van der Waals surface area contributed by atoms with Crippen LogP contribution in [0.4, 0.5) is 0 Å². The van der Waals surface area contributed by atoms with Crippen molar-refractivity contribution in [1.82, 2.24) is 0 Å². The second-order valence-corrected chi connectivity index (χ2v) is 3.05. The number of ether oxygens (including phenoxy) is 2. The van der Waals surface area contributed by atoms with E-state index in [9.17, 15) is 9.90 Å². The quantitative estimate of drug-likeness (QED) is 0.626. The van der Waals surface area contributed by atoms with Crippen molar-refractivity contribution in [3.8, 4) is 11.5 Å². The second kappa shape index (κ2) is 5.80. The summed E-state index contributed by atoms with van der Waals surface area (Å²) in [4.78, 5) is 11.5. The van der Waals surface area contributed by atoms with Gasteiger partial charge in [-0.05, 0) is 25.1 Å². The summed E-state index contributed by atoms with van der Waals surface area (Å²) in [6, 6.07) is 4.40. The Hall–Kier alpha value is -1.97. The fourth-order valence-corrected chi connectivity index (χ4v) is 1.10. The molecule has 0 aliphatic heterocycles. The molecule has 86 valence electrons. The maximum atomic E-state index is 11.5. The highest BCUT2D eigenvalue weighted by Crippen LogP contribution is 2.23. The summed E-state index contributed by atoms with van der Waals surface area (Å²) in [5.74, 6) is -0.198. The fraction of sp³-hybridized carbons (Fsp3) is 0.250. The Balaban J connectivity index is 2.81. The second-order valence-electron chi connectivity index (χ2n) is 3.05. The molecular weight excluding hydrogens is 208 g/mol. The third-order valence-corrected chi connectivity index (χ3v) is 1.97. The zero-order valence-corrected chi connectivity index (χ0v) is 9.27. The largest absolute Gasteiger partial charge is 0.507 e. The predicted molar refractivity (Wildman–Crippen MR) is 59.8 cm³/mol. The lowest BCUT2D eigenvalue weighted by Gasteiger charge is -2.06. The molecule has 0 aliphatic rings. The predicted octanol–water partition coefficient (Wildman–Crippen LogP) is 2.13. The van der Waals surface area contributed by atoms with Crippen molar-refractivity contribution in [2.24, 2.45) is 0 Å². The summed E-state index contributed by atoms with van der Waals surface area (Å²) >= 11 is 0. The highest BCUT2D eigenvalue weighted by atomic mass is 16.5. The minimum Gasteiger partial charge on any atom is -0.507 e. The number of aromatic hydroxyl groups is 1. The minimum atomic E-state index is -0.575. The van der Waals surface area contributed by atoms with E-state index in [1.165, 1.54) is 19.2 Å². The molecule has 0 aliphatic carbocycles. The molecule has 0 heterocycles. The van der Waals surface area contributed by atoms with Gasteiger partial charge in [0, 0.05) is 0 Å². The van der Waals surface area contributed by atoms with E-state index in [0.717, 1.165) is 0 Å². The molecule has 1 N–H and O–H groups in total. The summed E-state index contributed by atoms with van der Waals surface area (Å²) in [5.41, 5.74) is 0.101. The van der Waals surface area contributed by atoms with Crippen molar-refractivity contribution in [3.05, 3.63) is 35.9 Å². The van der Waals surface area contributed by atoms with E-state index in [0.29, 0.717) is 5.75 Å². The van der Waals surface area contributed by atoms with E-state index in [1.807, 2.05) is 6.92 Å². The first-order valence-electron chi connectivity index (χ1n) is 4.84. The van der Waals surface area contributed by atoms with Gasteiger partial charge in [-0.15, -0.1) is 0 Å². The number of esters is 1. The third-order valence-electron chi connectivity index (χ3n) is 1.97. The zero-order valence-electron chi connectivity index (χ0n) is 9.27. The van der Waals surface area contributed by atoms with E-state index in [1.54, 1.807) is 18.2 Å². The van der Waals surface area contributed by atoms with Crippen LogP contribution in [-0.2, 0) is 4.74 Å². The molecule has 0 amide bonds. The van der Waals surface area contributed by atoms with Crippen molar-refractivity contribution in [2.75, 3.05) is 13.7 Å². The van der Waals surface area contributed by atoms with Gasteiger partial charge in [0.2, 0.25) is 0 Å². The van der Waals surface area contributed by atoms with Crippen LogP contribution in [0.15, 0.2) is 30.4 Å². The summed E-state index contributed by atoms with van der Waals surface area (Å²) in [6.45, 7) is 2.02. The van der Waals surface area contributed by atoms with Gasteiger partial charge in [0.05, 0.1) is 7.11 Å². The first kappa shape index (κ1) is 12.1. The molecule has 4 heteroatoms. The van der Waals surface area contributed by atoms with Crippen LogP contribution in [-0.4, -0.2) is 24.8 Å². The average molecular weight is 222 g/mol. The molecule has 4 nitrogen and oxygen atoms in total. The number of hydrogen-bond acceptors (Lipinski definition) is 4. The summed E-state index contributed by atoms with van der Waals surface area (Å²) in [7, 11) is 1.49. The first-order chi connectivity index (χ1) is 7.69. The van der Waals surface area contributed by atoms with Crippen molar-refractivity contribution < 1.29 is 19.4 Å². The van der Waals surface area contributed by atoms with Gasteiger partial charge in [0.25, 0.3) is 0 Å². The maximum absolute atomic E-state index is 11.5. The lowest BCUT2D eigenvalue weighted by Crippen LogP contribution is -2.05. The number of carbonyl (C=O) groups excluding carboxylic acids is 1. The Kier molecular flexibility index (Phi) is 4.39.